The van der Waals surface area contributed by atoms with Crippen molar-refractivity contribution in [3.8, 4) is 0 Å². The molecule has 1 fully saturated rings. The average molecular weight is 493 g/mol. The summed E-state index contributed by atoms with van der Waals surface area (Å²) in [5, 5.41) is 6.71. The highest BCUT2D eigenvalue weighted by Gasteiger charge is 2.30. The molecule has 1 aliphatic rings. The quantitative estimate of drug-likeness (QED) is 0.382. The smallest absolute Gasteiger partial charge is 0.229 e. The summed E-state index contributed by atoms with van der Waals surface area (Å²) < 4.78 is 0. The Morgan fingerprint density at radius 2 is 1.93 bits per heavy atom. The third-order valence-electron chi connectivity index (χ3n) is 4.64. The van der Waals surface area contributed by atoms with Gasteiger partial charge in [0.05, 0.1) is 6.04 Å². The summed E-state index contributed by atoms with van der Waals surface area (Å²) in [4.78, 5) is 20.6. The number of nitrogens with zero attached hydrogens (tertiary/aromatic N) is 3. The van der Waals surface area contributed by atoms with Gasteiger partial charge in [0.2, 0.25) is 5.91 Å². The Kier molecular flexibility index (Phi) is 8.10. The van der Waals surface area contributed by atoms with Gasteiger partial charge in [0, 0.05) is 52.0 Å². The summed E-state index contributed by atoms with van der Waals surface area (Å²) in [6.45, 7) is 1.31. The van der Waals surface area contributed by atoms with E-state index in [1.54, 1.807) is 7.05 Å². The molecule has 150 valence electrons. The SMILES string of the molecule is CN=C(NCc1cccc(N(C)C)c1)NC1CC(=O)N(c2ccccc2)C1.I. The molecule has 0 aliphatic carbocycles. The summed E-state index contributed by atoms with van der Waals surface area (Å²) in [5.74, 6) is 0.839. The normalized spacial score (nSPS) is 16.5. The van der Waals surface area contributed by atoms with E-state index in [0.29, 0.717) is 25.5 Å². The highest BCUT2D eigenvalue weighted by molar-refractivity contribution is 14.0. The van der Waals surface area contributed by atoms with Crippen LogP contribution < -0.4 is 20.4 Å². The number of guanidine groups is 1. The largest absolute Gasteiger partial charge is 0.378 e. The van der Waals surface area contributed by atoms with Crippen molar-refractivity contribution in [2.45, 2.75) is 19.0 Å². The van der Waals surface area contributed by atoms with Gasteiger partial charge in [-0.2, -0.15) is 0 Å². The van der Waals surface area contributed by atoms with E-state index >= 15 is 0 Å². The number of nitrogens with one attached hydrogen (secondary N) is 2. The van der Waals surface area contributed by atoms with E-state index in [1.165, 1.54) is 5.56 Å². The zero-order valence-electron chi connectivity index (χ0n) is 16.6. The minimum absolute atomic E-state index is 0. The van der Waals surface area contributed by atoms with Gasteiger partial charge >= 0.3 is 0 Å². The maximum absolute atomic E-state index is 12.4. The molecule has 0 bridgehead atoms. The minimum atomic E-state index is 0. The third kappa shape index (κ3) is 5.60. The van der Waals surface area contributed by atoms with E-state index in [9.17, 15) is 4.79 Å². The number of hydrogen-bond donors (Lipinski definition) is 2. The lowest BCUT2D eigenvalue weighted by molar-refractivity contribution is -0.117. The first kappa shape index (κ1) is 22.0. The van der Waals surface area contributed by atoms with Crippen LogP contribution in [0.4, 0.5) is 11.4 Å². The molecule has 1 aliphatic heterocycles. The van der Waals surface area contributed by atoms with Crippen LogP contribution in [-0.2, 0) is 11.3 Å². The van der Waals surface area contributed by atoms with E-state index < -0.39 is 0 Å². The van der Waals surface area contributed by atoms with E-state index in [1.807, 2.05) is 49.3 Å². The maximum atomic E-state index is 12.4. The number of hydrogen-bond acceptors (Lipinski definition) is 3. The number of benzene rings is 2. The van der Waals surface area contributed by atoms with Gasteiger partial charge in [0.25, 0.3) is 0 Å². The molecule has 6 nitrogen and oxygen atoms in total. The van der Waals surface area contributed by atoms with Gasteiger partial charge in [-0.3, -0.25) is 9.79 Å². The molecule has 0 saturated carbocycles. The van der Waals surface area contributed by atoms with Crippen LogP contribution in [0.2, 0.25) is 0 Å². The van der Waals surface area contributed by atoms with Crippen LogP contribution >= 0.6 is 24.0 Å². The first-order valence-electron chi connectivity index (χ1n) is 9.15. The molecule has 28 heavy (non-hydrogen) atoms. The van der Waals surface area contributed by atoms with Crippen LogP contribution in [0.1, 0.15) is 12.0 Å². The minimum Gasteiger partial charge on any atom is -0.378 e. The fraction of sp³-hybridized carbons (Fsp3) is 0.333. The number of anilines is 2. The molecular formula is C21H28IN5O. The number of carbonyl (C=O) groups excluding carboxylic acids is 1. The van der Waals surface area contributed by atoms with Crippen LogP contribution in [-0.4, -0.2) is 45.6 Å². The third-order valence-corrected chi connectivity index (χ3v) is 4.64. The summed E-state index contributed by atoms with van der Waals surface area (Å²) >= 11 is 0. The number of para-hydroxylation sites is 1. The zero-order chi connectivity index (χ0) is 19.2. The number of rotatable bonds is 5. The molecule has 1 amide bonds. The lowest BCUT2D eigenvalue weighted by Crippen LogP contribution is -2.44. The number of carbonyl (C=O) groups is 1. The highest BCUT2D eigenvalue weighted by Crippen LogP contribution is 2.21. The standard InChI is InChI=1S/C21H27N5O.HI/c1-22-21(23-14-16-8-7-11-19(12-16)25(2)3)24-17-13-20(27)26(15-17)18-9-5-4-6-10-18;/h4-12,17H,13-15H2,1-3H3,(H2,22,23,24);1H. The molecule has 1 atom stereocenters. The average Bonchev–Trinajstić information content (AvgIpc) is 3.06. The van der Waals surface area contributed by atoms with Crippen molar-refractivity contribution in [2.75, 3.05) is 37.5 Å². The number of halogens is 1. The van der Waals surface area contributed by atoms with Crippen molar-refractivity contribution < 1.29 is 4.79 Å². The number of aliphatic imine (C=N–C) groups is 1. The van der Waals surface area contributed by atoms with Crippen molar-refractivity contribution in [3.05, 3.63) is 60.2 Å². The van der Waals surface area contributed by atoms with Crippen molar-refractivity contribution in [1.29, 1.82) is 0 Å². The van der Waals surface area contributed by atoms with Crippen molar-refractivity contribution in [3.63, 3.8) is 0 Å². The van der Waals surface area contributed by atoms with Gasteiger partial charge in [-0.25, -0.2) is 0 Å². The Balaban J connectivity index is 0.00000280. The summed E-state index contributed by atoms with van der Waals surface area (Å²) in [6.07, 6.45) is 0.464. The van der Waals surface area contributed by atoms with E-state index in [0.717, 1.165) is 11.4 Å². The summed E-state index contributed by atoms with van der Waals surface area (Å²) in [5.41, 5.74) is 3.28. The number of amides is 1. The Morgan fingerprint density at radius 1 is 1.18 bits per heavy atom. The van der Waals surface area contributed by atoms with Gasteiger partial charge in [-0.15, -0.1) is 24.0 Å². The molecule has 0 spiro atoms. The molecule has 1 saturated heterocycles. The fourth-order valence-electron chi connectivity index (χ4n) is 3.18. The Bertz CT molecular complexity index is 809. The van der Waals surface area contributed by atoms with Crippen molar-refractivity contribution in [2.24, 2.45) is 4.99 Å². The van der Waals surface area contributed by atoms with Crippen molar-refractivity contribution in [1.82, 2.24) is 10.6 Å². The van der Waals surface area contributed by atoms with Gasteiger partial charge in [0.15, 0.2) is 5.96 Å². The molecule has 1 heterocycles. The molecular weight excluding hydrogens is 465 g/mol. The second-order valence-corrected chi connectivity index (χ2v) is 6.88. The van der Waals surface area contributed by atoms with Crippen LogP contribution in [0.15, 0.2) is 59.6 Å². The maximum Gasteiger partial charge on any atom is 0.229 e. The Hall–Kier alpha value is -2.29. The van der Waals surface area contributed by atoms with E-state index in [4.69, 9.17) is 0 Å². The topological polar surface area (TPSA) is 60.0 Å². The van der Waals surface area contributed by atoms with E-state index in [2.05, 4.69) is 44.8 Å². The summed E-state index contributed by atoms with van der Waals surface area (Å²) in [6, 6.07) is 18.2. The van der Waals surface area contributed by atoms with Crippen LogP contribution in [0.3, 0.4) is 0 Å². The second-order valence-electron chi connectivity index (χ2n) is 6.88. The predicted octanol–water partition coefficient (Wildman–Crippen LogP) is 2.84. The van der Waals surface area contributed by atoms with Gasteiger partial charge in [-0.05, 0) is 29.8 Å². The predicted molar refractivity (Wildman–Crippen MR) is 127 cm³/mol. The fourth-order valence-corrected chi connectivity index (χ4v) is 3.18. The molecule has 2 N–H and O–H groups in total. The van der Waals surface area contributed by atoms with Gasteiger partial charge < -0.3 is 20.4 Å². The highest BCUT2D eigenvalue weighted by atomic mass is 127. The van der Waals surface area contributed by atoms with Crippen LogP contribution in [0.5, 0.6) is 0 Å². The molecule has 0 aromatic heterocycles. The summed E-state index contributed by atoms with van der Waals surface area (Å²) in [7, 11) is 5.81. The molecule has 2 aromatic carbocycles. The van der Waals surface area contributed by atoms with Crippen molar-refractivity contribution >= 4 is 47.2 Å². The Morgan fingerprint density at radius 3 is 2.61 bits per heavy atom. The zero-order valence-corrected chi connectivity index (χ0v) is 18.9. The van der Waals surface area contributed by atoms with Gasteiger partial charge in [-0.1, -0.05) is 30.3 Å². The molecule has 0 radical (unpaired) electrons. The monoisotopic (exact) mass is 493 g/mol. The van der Waals surface area contributed by atoms with Crippen LogP contribution in [0, 0.1) is 0 Å². The lowest BCUT2D eigenvalue weighted by atomic mass is 10.2. The lowest BCUT2D eigenvalue weighted by Gasteiger charge is -2.19. The van der Waals surface area contributed by atoms with Gasteiger partial charge in [0.1, 0.15) is 0 Å². The van der Waals surface area contributed by atoms with Crippen LogP contribution in [0.25, 0.3) is 0 Å². The first-order chi connectivity index (χ1) is 13.1. The second kappa shape index (κ2) is 10.3. The molecule has 7 heteroatoms. The molecule has 2 aromatic rings. The Labute approximate surface area is 184 Å². The van der Waals surface area contributed by atoms with E-state index in [-0.39, 0.29) is 35.9 Å². The molecule has 3 rings (SSSR count). The first-order valence-corrected chi connectivity index (χ1v) is 9.15. The molecule has 1 unspecified atom stereocenters.